The number of amides is 1. The summed E-state index contributed by atoms with van der Waals surface area (Å²) in [5.41, 5.74) is 5.53. The van der Waals surface area contributed by atoms with Crippen LogP contribution in [0.15, 0.2) is 0 Å². The zero-order valence-corrected chi connectivity index (χ0v) is 7.80. The van der Waals surface area contributed by atoms with Gasteiger partial charge >= 0.3 is 0 Å². The number of rotatable bonds is 6. The molecule has 0 bridgehead atoms. The van der Waals surface area contributed by atoms with E-state index in [4.69, 9.17) is 5.73 Å². The highest BCUT2D eigenvalue weighted by molar-refractivity contribution is 5.77. The van der Waals surface area contributed by atoms with Gasteiger partial charge in [0.2, 0.25) is 5.91 Å². The summed E-state index contributed by atoms with van der Waals surface area (Å²) < 4.78 is 4.65. The largest absolute Gasteiger partial charge is 0.375 e. The van der Waals surface area contributed by atoms with Gasteiger partial charge in [0.25, 0.3) is 0 Å². The summed E-state index contributed by atoms with van der Waals surface area (Å²) in [4.78, 5) is 10.8. The first-order valence-electron chi connectivity index (χ1n) is 4.18. The maximum absolute atomic E-state index is 10.8. The fourth-order valence-electron chi connectivity index (χ4n) is 0.834. The van der Waals surface area contributed by atoms with E-state index < -0.39 is 0 Å². The van der Waals surface area contributed by atoms with E-state index >= 15 is 0 Å². The highest BCUT2D eigenvalue weighted by Gasteiger charge is 1.98. The summed E-state index contributed by atoms with van der Waals surface area (Å²) in [6.45, 7) is 2.78. The fourth-order valence-corrected chi connectivity index (χ4v) is 0.834. The first-order valence-corrected chi connectivity index (χ1v) is 4.18. The summed E-state index contributed by atoms with van der Waals surface area (Å²) in [5.74, 6) is -0.0674. The van der Waals surface area contributed by atoms with Gasteiger partial charge in [0.1, 0.15) is 6.61 Å². The lowest BCUT2D eigenvalue weighted by atomic mass is 10.2. The number of nitrogens with two attached hydrogens (primary N) is 1. The van der Waals surface area contributed by atoms with Crippen LogP contribution in [0.1, 0.15) is 19.8 Å². The van der Waals surface area contributed by atoms with Crippen LogP contribution in [-0.2, 0) is 9.53 Å². The zero-order valence-electron chi connectivity index (χ0n) is 7.80. The third-order valence-electron chi connectivity index (χ3n) is 1.43. The summed E-state index contributed by atoms with van der Waals surface area (Å²) >= 11 is 0. The Morgan fingerprint density at radius 3 is 2.83 bits per heavy atom. The maximum atomic E-state index is 10.8. The highest BCUT2D eigenvalue weighted by atomic mass is 16.5. The Bertz CT molecular complexity index is 126. The number of carbonyl (C=O) groups excluding carboxylic acids is 1. The SMILES string of the molecule is COCC(=O)NCCCC(C)N. The van der Waals surface area contributed by atoms with Crippen molar-refractivity contribution >= 4 is 5.91 Å². The number of hydrogen-bond acceptors (Lipinski definition) is 3. The van der Waals surface area contributed by atoms with E-state index in [1.165, 1.54) is 7.11 Å². The van der Waals surface area contributed by atoms with Gasteiger partial charge in [-0.25, -0.2) is 0 Å². The second-order valence-corrected chi connectivity index (χ2v) is 2.90. The van der Waals surface area contributed by atoms with Crippen molar-refractivity contribution in [3.8, 4) is 0 Å². The number of methoxy groups -OCH3 is 1. The minimum absolute atomic E-state index is 0.0674. The van der Waals surface area contributed by atoms with Crippen molar-refractivity contribution in [2.75, 3.05) is 20.3 Å². The van der Waals surface area contributed by atoms with Crippen molar-refractivity contribution < 1.29 is 9.53 Å². The first-order chi connectivity index (χ1) is 5.66. The van der Waals surface area contributed by atoms with Crippen LogP contribution in [0.5, 0.6) is 0 Å². The smallest absolute Gasteiger partial charge is 0.245 e. The second-order valence-electron chi connectivity index (χ2n) is 2.90. The molecule has 0 rings (SSSR count). The molecule has 4 nitrogen and oxygen atoms in total. The van der Waals surface area contributed by atoms with E-state index in [-0.39, 0.29) is 18.6 Å². The molecule has 0 radical (unpaired) electrons. The molecule has 1 amide bonds. The topological polar surface area (TPSA) is 64.3 Å². The van der Waals surface area contributed by atoms with Gasteiger partial charge in [-0.1, -0.05) is 0 Å². The molecule has 0 aliphatic heterocycles. The molecule has 4 heteroatoms. The average molecular weight is 174 g/mol. The molecule has 0 aliphatic carbocycles. The monoisotopic (exact) mass is 174 g/mol. The predicted molar refractivity (Wildman–Crippen MR) is 47.8 cm³/mol. The molecule has 72 valence electrons. The Morgan fingerprint density at radius 1 is 1.67 bits per heavy atom. The number of hydrogen-bond donors (Lipinski definition) is 2. The lowest BCUT2D eigenvalue weighted by Gasteiger charge is -2.05. The standard InChI is InChI=1S/C8H18N2O2/c1-7(9)4-3-5-10-8(11)6-12-2/h7H,3-6,9H2,1-2H3,(H,10,11). The molecule has 0 saturated carbocycles. The van der Waals surface area contributed by atoms with Gasteiger partial charge in [-0.3, -0.25) is 4.79 Å². The summed E-state index contributed by atoms with van der Waals surface area (Å²) in [6.07, 6.45) is 1.86. The Morgan fingerprint density at radius 2 is 2.33 bits per heavy atom. The van der Waals surface area contributed by atoms with E-state index in [2.05, 4.69) is 10.1 Å². The van der Waals surface area contributed by atoms with E-state index in [1.807, 2.05) is 6.92 Å². The van der Waals surface area contributed by atoms with Crippen molar-refractivity contribution in [1.29, 1.82) is 0 Å². The van der Waals surface area contributed by atoms with Gasteiger partial charge in [-0.15, -0.1) is 0 Å². The fraction of sp³-hybridized carbons (Fsp3) is 0.875. The molecule has 0 saturated heterocycles. The van der Waals surface area contributed by atoms with Gasteiger partial charge in [0.05, 0.1) is 0 Å². The molecule has 1 unspecified atom stereocenters. The van der Waals surface area contributed by atoms with Crippen LogP contribution in [0.3, 0.4) is 0 Å². The van der Waals surface area contributed by atoms with Crippen molar-refractivity contribution in [3.05, 3.63) is 0 Å². The van der Waals surface area contributed by atoms with Crippen molar-refractivity contribution in [3.63, 3.8) is 0 Å². The van der Waals surface area contributed by atoms with Crippen molar-refractivity contribution in [2.24, 2.45) is 5.73 Å². The Hall–Kier alpha value is -0.610. The number of carbonyl (C=O) groups is 1. The predicted octanol–water partition coefficient (Wildman–Crippen LogP) is -0.124. The lowest BCUT2D eigenvalue weighted by Crippen LogP contribution is -2.29. The first kappa shape index (κ1) is 11.4. The quantitative estimate of drug-likeness (QED) is 0.552. The molecule has 1 atom stereocenters. The minimum atomic E-state index is -0.0674. The molecular weight excluding hydrogens is 156 g/mol. The van der Waals surface area contributed by atoms with Crippen LogP contribution in [-0.4, -0.2) is 32.2 Å². The molecule has 0 aromatic rings. The van der Waals surface area contributed by atoms with E-state index in [0.29, 0.717) is 6.54 Å². The Kier molecular flexibility index (Phi) is 6.70. The van der Waals surface area contributed by atoms with Crippen LogP contribution in [0, 0.1) is 0 Å². The molecule has 0 fully saturated rings. The van der Waals surface area contributed by atoms with Gasteiger partial charge in [0.15, 0.2) is 0 Å². The van der Waals surface area contributed by atoms with E-state index in [0.717, 1.165) is 12.8 Å². The minimum Gasteiger partial charge on any atom is -0.375 e. The lowest BCUT2D eigenvalue weighted by molar-refractivity contribution is -0.124. The molecular formula is C8H18N2O2. The molecule has 3 N–H and O–H groups in total. The maximum Gasteiger partial charge on any atom is 0.245 e. The van der Waals surface area contributed by atoms with Crippen LogP contribution in [0.25, 0.3) is 0 Å². The molecule has 0 heterocycles. The van der Waals surface area contributed by atoms with Gasteiger partial charge in [-0.05, 0) is 19.8 Å². The Labute approximate surface area is 73.5 Å². The molecule has 12 heavy (non-hydrogen) atoms. The number of ether oxygens (including phenoxy) is 1. The van der Waals surface area contributed by atoms with Crippen molar-refractivity contribution in [2.45, 2.75) is 25.8 Å². The molecule has 0 aromatic carbocycles. The van der Waals surface area contributed by atoms with E-state index in [9.17, 15) is 4.79 Å². The van der Waals surface area contributed by atoms with E-state index in [1.54, 1.807) is 0 Å². The highest BCUT2D eigenvalue weighted by Crippen LogP contribution is 1.90. The zero-order chi connectivity index (χ0) is 9.40. The molecule has 0 spiro atoms. The van der Waals surface area contributed by atoms with Crippen LogP contribution >= 0.6 is 0 Å². The Balaban J connectivity index is 3.14. The average Bonchev–Trinajstić information content (AvgIpc) is 1.98. The third kappa shape index (κ3) is 7.50. The van der Waals surface area contributed by atoms with Crippen molar-refractivity contribution in [1.82, 2.24) is 5.32 Å². The summed E-state index contributed by atoms with van der Waals surface area (Å²) in [5, 5.41) is 2.72. The second kappa shape index (κ2) is 7.06. The van der Waals surface area contributed by atoms with Crippen LogP contribution < -0.4 is 11.1 Å². The van der Waals surface area contributed by atoms with Gasteiger partial charge < -0.3 is 15.8 Å². The van der Waals surface area contributed by atoms with Gasteiger partial charge in [0, 0.05) is 19.7 Å². The molecule has 0 aromatic heterocycles. The van der Waals surface area contributed by atoms with Gasteiger partial charge in [-0.2, -0.15) is 0 Å². The van der Waals surface area contributed by atoms with Crippen LogP contribution in [0.2, 0.25) is 0 Å². The molecule has 0 aliphatic rings. The number of nitrogens with one attached hydrogen (secondary N) is 1. The normalized spacial score (nSPS) is 12.6. The third-order valence-corrected chi connectivity index (χ3v) is 1.43. The summed E-state index contributed by atoms with van der Waals surface area (Å²) in [7, 11) is 1.50. The summed E-state index contributed by atoms with van der Waals surface area (Å²) in [6, 6.07) is 0.212. The van der Waals surface area contributed by atoms with Crippen LogP contribution in [0.4, 0.5) is 0 Å².